The van der Waals surface area contributed by atoms with E-state index in [0.717, 1.165) is 32.1 Å². The Labute approximate surface area is 214 Å². The largest absolute Gasteiger partial charge is 0.447 e. The second-order valence-corrected chi connectivity index (χ2v) is 10.8. The van der Waals surface area contributed by atoms with E-state index in [9.17, 15) is 14.4 Å². The van der Waals surface area contributed by atoms with Crippen LogP contribution in [0.15, 0.2) is 5.16 Å². The Balaban J connectivity index is 1.98. The molecule has 5 N–H and O–H groups in total. The van der Waals surface area contributed by atoms with E-state index in [-0.39, 0.29) is 36.3 Å². The van der Waals surface area contributed by atoms with Crippen molar-refractivity contribution in [1.82, 2.24) is 15.5 Å². The number of oxime groups is 1. The fraction of sp³-hybridized carbons (Fsp3) is 0.840. The van der Waals surface area contributed by atoms with Crippen LogP contribution >= 0.6 is 0 Å². The lowest BCUT2D eigenvalue weighted by Gasteiger charge is -2.32. The summed E-state index contributed by atoms with van der Waals surface area (Å²) in [5.41, 5.74) is 5.26. The van der Waals surface area contributed by atoms with Gasteiger partial charge in [0.15, 0.2) is 0 Å². The Morgan fingerprint density at radius 3 is 2.42 bits per heavy atom. The first-order valence-corrected chi connectivity index (χ1v) is 13.1. The van der Waals surface area contributed by atoms with Crippen molar-refractivity contribution in [3.05, 3.63) is 0 Å². The number of nitrogens with zero attached hydrogens (tertiary/aromatic N) is 2. The van der Waals surface area contributed by atoms with E-state index in [1.165, 1.54) is 0 Å². The molecule has 36 heavy (non-hydrogen) atoms. The fourth-order valence-corrected chi connectivity index (χ4v) is 4.59. The third-order valence-corrected chi connectivity index (χ3v) is 7.21. The number of hydrogen-bond acceptors (Lipinski definition) is 7. The molecule has 2 rings (SSSR count). The van der Waals surface area contributed by atoms with Gasteiger partial charge in [0.05, 0.1) is 18.3 Å². The predicted octanol–water partition coefficient (Wildman–Crippen LogP) is 2.35. The molecular weight excluding hydrogens is 466 g/mol. The van der Waals surface area contributed by atoms with E-state index in [1.807, 2.05) is 20.8 Å². The highest BCUT2D eigenvalue weighted by Gasteiger charge is 2.39. The van der Waals surface area contributed by atoms with Crippen LogP contribution in [0.2, 0.25) is 0 Å². The molecule has 11 nitrogen and oxygen atoms in total. The average Bonchev–Trinajstić information content (AvgIpc) is 3.34. The second kappa shape index (κ2) is 13.7. The Morgan fingerprint density at radius 1 is 1.17 bits per heavy atom. The number of carbonyl (C=O) groups excluding carboxylic acids is 3. The average molecular weight is 512 g/mol. The zero-order valence-electron chi connectivity index (χ0n) is 22.4. The topological polar surface area (TPSA) is 156 Å². The predicted molar refractivity (Wildman–Crippen MR) is 135 cm³/mol. The number of nitrogens with two attached hydrogens (primary N) is 1. The van der Waals surface area contributed by atoms with E-state index in [1.54, 1.807) is 18.7 Å². The number of alkyl carbamates (subject to hydrolysis) is 1. The van der Waals surface area contributed by atoms with Crippen LogP contribution < -0.4 is 16.4 Å². The van der Waals surface area contributed by atoms with Gasteiger partial charge in [-0.25, -0.2) is 4.79 Å². The van der Waals surface area contributed by atoms with Crippen molar-refractivity contribution >= 4 is 23.7 Å². The molecule has 2 aliphatic rings. The van der Waals surface area contributed by atoms with Crippen molar-refractivity contribution in [3.63, 3.8) is 0 Å². The maximum Gasteiger partial charge on any atom is 0.408 e. The molecule has 1 aliphatic heterocycles. The first-order chi connectivity index (χ1) is 17.0. The molecule has 1 saturated heterocycles. The Hall–Kier alpha value is -2.56. The highest BCUT2D eigenvalue weighted by atomic mass is 16.6. The third kappa shape index (κ3) is 8.83. The van der Waals surface area contributed by atoms with Crippen LogP contribution in [0.25, 0.3) is 0 Å². The van der Waals surface area contributed by atoms with Crippen LogP contribution in [-0.4, -0.2) is 77.3 Å². The molecule has 1 heterocycles. The molecule has 1 aliphatic carbocycles. The summed E-state index contributed by atoms with van der Waals surface area (Å²) in [5.74, 6) is 0.130. The lowest BCUT2D eigenvalue weighted by Crippen LogP contribution is -2.56. The number of likely N-dealkylation sites (tertiary alicyclic amines) is 1. The summed E-state index contributed by atoms with van der Waals surface area (Å²) in [4.78, 5) is 40.4. The highest BCUT2D eigenvalue weighted by molar-refractivity contribution is 5.92. The summed E-state index contributed by atoms with van der Waals surface area (Å²) in [6.45, 7) is 10.2. The normalized spacial score (nSPS) is 23.9. The van der Waals surface area contributed by atoms with Crippen LogP contribution in [-0.2, 0) is 19.1 Å². The van der Waals surface area contributed by atoms with Gasteiger partial charge in [-0.2, -0.15) is 0 Å². The summed E-state index contributed by atoms with van der Waals surface area (Å²) in [7, 11) is 0. The van der Waals surface area contributed by atoms with Gasteiger partial charge in [-0.05, 0) is 78.6 Å². The Bertz CT molecular complexity index is 779. The van der Waals surface area contributed by atoms with Crippen LogP contribution in [0.5, 0.6) is 0 Å². The van der Waals surface area contributed by atoms with Crippen LogP contribution in [0, 0.1) is 11.8 Å². The quantitative estimate of drug-likeness (QED) is 0.144. The van der Waals surface area contributed by atoms with Gasteiger partial charge < -0.3 is 35.9 Å². The van der Waals surface area contributed by atoms with Gasteiger partial charge in [0.25, 0.3) is 0 Å². The molecule has 2 fully saturated rings. The molecule has 0 radical (unpaired) electrons. The van der Waals surface area contributed by atoms with E-state index < -0.39 is 23.8 Å². The van der Waals surface area contributed by atoms with Crippen molar-refractivity contribution < 1.29 is 29.1 Å². The molecule has 0 bridgehead atoms. The van der Waals surface area contributed by atoms with E-state index >= 15 is 0 Å². The molecule has 0 unspecified atom stereocenters. The number of amides is 3. The molecule has 2 atom stereocenters. The Morgan fingerprint density at radius 2 is 1.83 bits per heavy atom. The first-order valence-electron chi connectivity index (χ1n) is 13.1. The highest BCUT2D eigenvalue weighted by Crippen LogP contribution is 2.28. The summed E-state index contributed by atoms with van der Waals surface area (Å²) >= 11 is 0. The molecule has 0 spiro atoms. The van der Waals surface area contributed by atoms with Gasteiger partial charge in [-0.15, -0.1) is 0 Å². The lowest BCUT2D eigenvalue weighted by atomic mass is 9.81. The summed E-state index contributed by atoms with van der Waals surface area (Å²) < 4.78 is 11.1. The molecule has 206 valence electrons. The number of hydrogen-bond donors (Lipinski definition) is 4. The van der Waals surface area contributed by atoms with Crippen LogP contribution in [0.3, 0.4) is 0 Å². The summed E-state index contributed by atoms with van der Waals surface area (Å²) in [5, 5.41) is 17.6. The minimum absolute atomic E-state index is 0.0127. The van der Waals surface area contributed by atoms with Gasteiger partial charge in [0.1, 0.15) is 17.9 Å². The smallest absolute Gasteiger partial charge is 0.408 e. The van der Waals surface area contributed by atoms with Gasteiger partial charge in [-0.1, -0.05) is 12.1 Å². The standard InChI is InChI=1S/C25H45N5O6/c1-6-25(4,5)35-15-19(28-24(33)36-16(2)3)23(32)30-13-7-8-20(30)22(31)27-14-17-9-11-18(12-10-17)21(26)29-34/h16-20,34H,6-15H2,1-5H3,(H2,26,29)(H,27,31)(H,28,33)/t17-,18-,19-,20+/m1/s1. The Kier molecular flexibility index (Phi) is 11.3. The molecular formula is C25H45N5O6. The maximum atomic E-state index is 13.5. The number of ether oxygens (including phenoxy) is 2. The van der Waals surface area contributed by atoms with Crippen molar-refractivity contribution in [2.24, 2.45) is 22.7 Å². The maximum absolute atomic E-state index is 13.5. The zero-order valence-corrected chi connectivity index (χ0v) is 22.4. The van der Waals surface area contributed by atoms with Crippen molar-refractivity contribution in [2.75, 3.05) is 19.7 Å². The zero-order chi connectivity index (χ0) is 26.9. The number of amidine groups is 1. The second-order valence-electron chi connectivity index (χ2n) is 10.8. The lowest BCUT2D eigenvalue weighted by molar-refractivity contribution is -0.142. The van der Waals surface area contributed by atoms with Crippen LogP contribution in [0.1, 0.15) is 79.6 Å². The van der Waals surface area contributed by atoms with Crippen molar-refractivity contribution in [3.8, 4) is 0 Å². The minimum Gasteiger partial charge on any atom is -0.447 e. The molecule has 0 aromatic heterocycles. The molecule has 1 saturated carbocycles. The van der Waals surface area contributed by atoms with E-state index in [4.69, 9.17) is 20.4 Å². The van der Waals surface area contributed by atoms with E-state index in [2.05, 4.69) is 15.8 Å². The number of rotatable bonds is 11. The molecule has 0 aromatic rings. The number of nitrogens with one attached hydrogen (secondary N) is 2. The summed E-state index contributed by atoms with van der Waals surface area (Å²) in [6, 6.07) is -1.54. The van der Waals surface area contributed by atoms with Gasteiger partial charge >= 0.3 is 6.09 Å². The molecule has 3 amide bonds. The fourth-order valence-electron chi connectivity index (χ4n) is 4.59. The third-order valence-electron chi connectivity index (χ3n) is 7.21. The monoisotopic (exact) mass is 511 g/mol. The SMILES string of the molecule is CCC(C)(C)OC[C@@H](NC(=O)OC(C)C)C(=O)N1CCC[C@H]1C(=O)NC[C@H]1CC[C@H](C(N)=NO)CC1. The minimum atomic E-state index is -0.954. The van der Waals surface area contributed by atoms with Gasteiger partial charge in [0, 0.05) is 19.0 Å². The molecule has 0 aromatic carbocycles. The van der Waals surface area contributed by atoms with Crippen LogP contribution in [0.4, 0.5) is 4.79 Å². The van der Waals surface area contributed by atoms with E-state index in [0.29, 0.717) is 31.8 Å². The van der Waals surface area contributed by atoms with Crippen molar-refractivity contribution in [2.45, 2.75) is 103 Å². The van der Waals surface area contributed by atoms with Crippen molar-refractivity contribution in [1.29, 1.82) is 0 Å². The molecule has 11 heteroatoms. The first kappa shape index (κ1) is 29.7. The van der Waals surface area contributed by atoms with Gasteiger partial charge in [0.2, 0.25) is 11.8 Å². The van der Waals surface area contributed by atoms with Gasteiger partial charge in [-0.3, -0.25) is 9.59 Å². The number of carbonyl (C=O) groups is 3. The summed E-state index contributed by atoms with van der Waals surface area (Å²) in [6.07, 6.45) is 4.38.